The van der Waals surface area contributed by atoms with Gasteiger partial charge < -0.3 is 9.47 Å². The van der Waals surface area contributed by atoms with Gasteiger partial charge in [0.15, 0.2) is 6.61 Å². The smallest absolute Gasteiger partial charge is 0.342 e. The van der Waals surface area contributed by atoms with E-state index in [2.05, 4.69) is 0 Å². The molecule has 84 valence electrons. The van der Waals surface area contributed by atoms with E-state index in [-0.39, 0.29) is 12.4 Å². The Hall–Kier alpha value is -1.84. The zero-order valence-corrected chi connectivity index (χ0v) is 9.20. The van der Waals surface area contributed by atoms with E-state index >= 15 is 0 Å². The van der Waals surface area contributed by atoms with Crippen molar-refractivity contribution in [3.05, 3.63) is 28.8 Å². The van der Waals surface area contributed by atoms with Crippen molar-refractivity contribution >= 4 is 11.8 Å². The van der Waals surface area contributed by atoms with Gasteiger partial charge in [0.1, 0.15) is 11.3 Å². The number of hydrogen-bond acceptors (Lipinski definition) is 4. The lowest BCUT2D eigenvalue weighted by Gasteiger charge is -2.09. The van der Waals surface area contributed by atoms with E-state index in [1.54, 1.807) is 26.0 Å². The van der Waals surface area contributed by atoms with Gasteiger partial charge in [-0.3, -0.25) is 4.79 Å². The number of carbonyl (C=O) groups excluding carboxylic acids is 2. The molecule has 1 aliphatic heterocycles. The molecule has 2 rings (SSSR count). The highest BCUT2D eigenvalue weighted by atomic mass is 16.5. The average molecular weight is 220 g/mol. The second-order valence-corrected chi connectivity index (χ2v) is 3.57. The van der Waals surface area contributed by atoms with Gasteiger partial charge in [0.2, 0.25) is 5.78 Å². The highest BCUT2D eigenvalue weighted by Crippen LogP contribution is 2.32. The third-order valence-electron chi connectivity index (χ3n) is 2.49. The van der Waals surface area contributed by atoms with Gasteiger partial charge in [-0.1, -0.05) is 6.07 Å². The number of ketones is 1. The number of ether oxygens (including phenoxy) is 2. The van der Waals surface area contributed by atoms with Crippen LogP contribution in [-0.2, 0) is 4.74 Å². The monoisotopic (exact) mass is 220 g/mol. The maximum absolute atomic E-state index is 11.7. The van der Waals surface area contributed by atoms with Crippen LogP contribution in [0.5, 0.6) is 5.75 Å². The van der Waals surface area contributed by atoms with Crippen molar-refractivity contribution in [2.24, 2.45) is 0 Å². The third-order valence-corrected chi connectivity index (χ3v) is 2.49. The summed E-state index contributed by atoms with van der Waals surface area (Å²) in [7, 11) is 0. The molecule has 0 bridgehead atoms. The molecule has 0 atom stereocenters. The molecular weight excluding hydrogens is 208 g/mol. The first-order valence-corrected chi connectivity index (χ1v) is 5.12. The Morgan fingerprint density at radius 1 is 1.50 bits per heavy atom. The normalized spacial score (nSPS) is 13.2. The predicted octanol–water partition coefficient (Wildman–Crippen LogP) is 1.75. The van der Waals surface area contributed by atoms with E-state index in [9.17, 15) is 9.59 Å². The summed E-state index contributed by atoms with van der Waals surface area (Å²) in [6.07, 6.45) is 0. The number of fused-ring (bicyclic) bond motifs is 1. The molecule has 0 unspecified atom stereocenters. The van der Waals surface area contributed by atoms with Crippen LogP contribution in [-0.4, -0.2) is 25.0 Å². The summed E-state index contributed by atoms with van der Waals surface area (Å²) >= 11 is 0. The zero-order valence-electron chi connectivity index (χ0n) is 9.20. The Balaban J connectivity index is 2.52. The molecule has 0 saturated heterocycles. The molecule has 0 spiro atoms. The quantitative estimate of drug-likeness (QED) is 0.712. The molecule has 1 aliphatic rings. The Kier molecular flexibility index (Phi) is 2.64. The van der Waals surface area contributed by atoms with Crippen LogP contribution in [0.15, 0.2) is 12.1 Å². The molecule has 0 amide bonds. The van der Waals surface area contributed by atoms with Gasteiger partial charge >= 0.3 is 5.97 Å². The first-order valence-electron chi connectivity index (χ1n) is 5.12. The van der Waals surface area contributed by atoms with Crippen LogP contribution in [0.3, 0.4) is 0 Å². The highest BCUT2D eigenvalue weighted by Gasteiger charge is 2.28. The van der Waals surface area contributed by atoms with Crippen LogP contribution in [0.4, 0.5) is 0 Å². The topological polar surface area (TPSA) is 52.6 Å². The van der Waals surface area contributed by atoms with E-state index in [1.807, 2.05) is 0 Å². The Bertz CT molecular complexity index is 462. The van der Waals surface area contributed by atoms with Crippen LogP contribution >= 0.6 is 0 Å². The molecule has 16 heavy (non-hydrogen) atoms. The number of benzene rings is 1. The maximum atomic E-state index is 11.7. The van der Waals surface area contributed by atoms with Crippen LogP contribution in [0, 0.1) is 6.92 Å². The molecule has 4 heteroatoms. The average Bonchev–Trinajstić information content (AvgIpc) is 2.60. The van der Waals surface area contributed by atoms with E-state index in [1.165, 1.54) is 0 Å². The van der Waals surface area contributed by atoms with Crippen LogP contribution in [0.1, 0.15) is 33.2 Å². The first kappa shape index (κ1) is 10.7. The second-order valence-electron chi connectivity index (χ2n) is 3.57. The maximum Gasteiger partial charge on any atom is 0.342 e. The number of carbonyl (C=O) groups is 2. The van der Waals surface area contributed by atoms with E-state index in [0.29, 0.717) is 23.5 Å². The molecule has 0 saturated carbocycles. The van der Waals surface area contributed by atoms with Crippen LogP contribution in [0.25, 0.3) is 0 Å². The standard InChI is InChI=1S/C12H12O4/c1-3-15-12(14)10-7(2)4-5-8-9(13)6-16-11(8)10/h4-5H,3,6H2,1-2H3. The van der Waals surface area contributed by atoms with Crippen molar-refractivity contribution in [2.75, 3.05) is 13.2 Å². The molecule has 0 aromatic heterocycles. The lowest BCUT2D eigenvalue weighted by Crippen LogP contribution is -2.08. The number of aryl methyl sites for hydroxylation is 1. The summed E-state index contributed by atoms with van der Waals surface area (Å²) < 4.78 is 10.2. The molecular formula is C12H12O4. The van der Waals surface area contributed by atoms with Gasteiger partial charge in [-0.15, -0.1) is 0 Å². The fourth-order valence-electron chi connectivity index (χ4n) is 1.72. The van der Waals surface area contributed by atoms with Gasteiger partial charge in [-0.2, -0.15) is 0 Å². The number of esters is 1. The summed E-state index contributed by atoms with van der Waals surface area (Å²) in [6, 6.07) is 3.42. The van der Waals surface area contributed by atoms with Crippen molar-refractivity contribution < 1.29 is 19.1 Å². The van der Waals surface area contributed by atoms with E-state index in [0.717, 1.165) is 5.56 Å². The van der Waals surface area contributed by atoms with Gasteiger partial charge in [-0.25, -0.2) is 4.79 Å². The summed E-state index contributed by atoms with van der Waals surface area (Å²) in [5, 5.41) is 0. The minimum Gasteiger partial charge on any atom is -0.484 e. The molecule has 0 fully saturated rings. The van der Waals surface area contributed by atoms with Crippen LogP contribution in [0.2, 0.25) is 0 Å². The lowest BCUT2D eigenvalue weighted by molar-refractivity contribution is 0.0521. The number of Topliss-reactive ketones (excluding diaryl/α,β-unsaturated/α-hetero) is 1. The van der Waals surface area contributed by atoms with Crippen molar-refractivity contribution in [2.45, 2.75) is 13.8 Å². The fraction of sp³-hybridized carbons (Fsp3) is 0.333. The summed E-state index contributed by atoms with van der Waals surface area (Å²) in [6.45, 7) is 3.84. The zero-order chi connectivity index (χ0) is 11.7. The van der Waals surface area contributed by atoms with Crippen molar-refractivity contribution in [1.29, 1.82) is 0 Å². The largest absolute Gasteiger partial charge is 0.484 e. The summed E-state index contributed by atoms with van der Waals surface area (Å²) in [5.41, 5.74) is 1.59. The van der Waals surface area contributed by atoms with Crippen LogP contribution < -0.4 is 4.74 Å². The molecule has 1 heterocycles. The van der Waals surface area contributed by atoms with Gasteiger partial charge in [0, 0.05) is 0 Å². The van der Waals surface area contributed by atoms with Crippen molar-refractivity contribution in [1.82, 2.24) is 0 Å². The van der Waals surface area contributed by atoms with Gasteiger partial charge in [-0.05, 0) is 25.5 Å². The lowest BCUT2D eigenvalue weighted by atomic mass is 10.0. The Labute approximate surface area is 93.2 Å². The molecule has 1 aromatic carbocycles. The van der Waals surface area contributed by atoms with Crippen molar-refractivity contribution in [3.8, 4) is 5.75 Å². The molecule has 0 radical (unpaired) electrons. The highest BCUT2D eigenvalue weighted by molar-refractivity contribution is 6.07. The van der Waals surface area contributed by atoms with Gasteiger partial charge in [0.05, 0.1) is 12.2 Å². The Morgan fingerprint density at radius 2 is 2.25 bits per heavy atom. The number of rotatable bonds is 2. The molecule has 4 nitrogen and oxygen atoms in total. The molecule has 0 N–H and O–H groups in total. The second kappa shape index (κ2) is 3.96. The van der Waals surface area contributed by atoms with Gasteiger partial charge in [0.25, 0.3) is 0 Å². The van der Waals surface area contributed by atoms with E-state index < -0.39 is 5.97 Å². The fourth-order valence-corrected chi connectivity index (χ4v) is 1.72. The minimum atomic E-state index is -0.438. The van der Waals surface area contributed by atoms with Crippen molar-refractivity contribution in [3.63, 3.8) is 0 Å². The van der Waals surface area contributed by atoms with E-state index in [4.69, 9.17) is 9.47 Å². The number of hydrogen-bond donors (Lipinski definition) is 0. The first-order chi connectivity index (χ1) is 7.65. The molecule has 0 aliphatic carbocycles. The summed E-state index contributed by atoms with van der Waals surface area (Å²) in [4.78, 5) is 23.2. The molecule has 1 aromatic rings. The third kappa shape index (κ3) is 1.56. The Morgan fingerprint density at radius 3 is 2.94 bits per heavy atom. The summed E-state index contributed by atoms with van der Waals surface area (Å²) in [5.74, 6) is -0.171. The predicted molar refractivity (Wildman–Crippen MR) is 57.0 cm³/mol. The SMILES string of the molecule is CCOC(=O)c1c(C)ccc2c1OCC2=O. The minimum absolute atomic E-state index is 0.00515.